The molecule has 0 saturated carbocycles. The number of aliphatic imine (C=N–C) groups is 1. The van der Waals surface area contributed by atoms with Crippen LogP contribution in [0, 0.1) is 5.41 Å². The topological polar surface area (TPSA) is 69.1 Å². The van der Waals surface area contributed by atoms with Gasteiger partial charge in [-0.25, -0.2) is 0 Å². The number of benzene rings is 1. The highest BCUT2D eigenvalue weighted by molar-refractivity contribution is 14.0. The Morgan fingerprint density at radius 1 is 1.37 bits per heavy atom. The van der Waals surface area contributed by atoms with Crippen LogP contribution in [0.1, 0.15) is 25.3 Å². The van der Waals surface area contributed by atoms with Crippen molar-refractivity contribution in [2.24, 2.45) is 10.4 Å². The molecule has 2 unspecified atom stereocenters. The van der Waals surface area contributed by atoms with E-state index in [9.17, 15) is 5.11 Å². The third-order valence-corrected chi connectivity index (χ3v) is 5.70. The molecular formula is C20H33IN4O2. The summed E-state index contributed by atoms with van der Waals surface area (Å²) >= 11 is 0. The molecule has 2 aliphatic heterocycles. The van der Waals surface area contributed by atoms with Crippen LogP contribution < -0.4 is 15.5 Å². The minimum absolute atomic E-state index is 0. The van der Waals surface area contributed by atoms with Crippen LogP contribution >= 0.6 is 24.0 Å². The number of fused-ring (bicyclic) bond motifs is 1. The monoisotopic (exact) mass is 488 g/mol. The molecule has 1 fully saturated rings. The zero-order valence-corrected chi connectivity index (χ0v) is 18.7. The molecule has 0 spiro atoms. The van der Waals surface area contributed by atoms with Gasteiger partial charge in [0.1, 0.15) is 0 Å². The molecule has 3 rings (SSSR count). The van der Waals surface area contributed by atoms with Crippen LogP contribution in [0.5, 0.6) is 0 Å². The summed E-state index contributed by atoms with van der Waals surface area (Å²) in [4.78, 5) is 6.82. The first-order valence-corrected chi connectivity index (χ1v) is 9.65. The molecule has 2 heterocycles. The Morgan fingerprint density at radius 3 is 2.89 bits per heavy atom. The first kappa shape index (κ1) is 22.2. The van der Waals surface area contributed by atoms with Gasteiger partial charge in [-0.15, -0.1) is 24.0 Å². The van der Waals surface area contributed by atoms with Crippen molar-refractivity contribution < 1.29 is 9.84 Å². The number of anilines is 1. The average Bonchev–Trinajstić information content (AvgIpc) is 3.29. The van der Waals surface area contributed by atoms with Crippen LogP contribution in [0.2, 0.25) is 0 Å². The van der Waals surface area contributed by atoms with Gasteiger partial charge < -0.3 is 25.4 Å². The predicted octanol–water partition coefficient (Wildman–Crippen LogP) is 2.01. The highest BCUT2D eigenvalue weighted by atomic mass is 127. The van der Waals surface area contributed by atoms with Crippen molar-refractivity contribution in [2.75, 3.05) is 51.4 Å². The van der Waals surface area contributed by atoms with Gasteiger partial charge in [-0.2, -0.15) is 0 Å². The number of nitrogens with one attached hydrogen (secondary N) is 2. The van der Waals surface area contributed by atoms with E-state index in [0.29, 0.717) is 12.6 Å². The van der Waals surface area contributed by atoms with Gasteiger partial charge in [0.25, 0.3) is 0 Å². The highest BCUT2D eigenvalue weighted by Crippen LogP contribution is 2.31. The summed E-state index contributed by atoms with van der Waals surface area (Å²) in [6.45, 7) is 6.61. The summed E-state index contributed by atoms with van der Waals surface area (Å²) in [7, 11) is 1.80. The van der Waals surface area contributed by atoms with E-state index >= 15 is 0 Å². The lowest BCUT2D eigenvalue weighted by Gasteiger charge is -2.30. The Morgan fingerprint density at radius 2 is 2.19 bits per heavy atom. The summed E-state index contributed by atoms with van der Waals surface area (Å²) in [5, 5.41) is 16.2. The number of guanidine groups is 1. The zero-order valence-electron chi connectivity index (χ0n) is 16.4. The van der Waals surface area contributed by atoms with E-state index in [4.69, 9.17) is 4.74 Å². The van der Waals surface area contributed by atoms with Gasteiger partial charge in [0.2, 0.25) is 0 Å². The summed E-state index contributed by atoms with van der Waals surface area (Å²) in [5.74, 6) is 0.813. The molecule has 1 saturated heterocycles. The molecule has 0 aliphatic carbocycles. The number of hydrogen-bond donors (Lipinski definition) is 3. The van der Waals surface area contributed by atoms with Crippen LogP contribution in [-0.4, -0.2) is 63.6 Å². The zero-order chi connectivity index (χ0) is 18.4. The van der Waals surface area contributed by atoms with E-state index < -0.39 is 0 Å². The predicted molar refractivity (Wildman–Crippen MR) is 121 cm³/mol. The van der Waals surface area contributed by atoms with Gasteiger partial charge in [-0.05, 0) is 37.8 Å². The molecule has 3 N–H and O–H groups in total. The fraction of sp³-hybridized carbons (Fsp3) is 0.650. The second kappa shape index (κ2) is 10.5. The first-order chi connectivity index (χ1) is 12.7. The number of rotatable bonds is 7. The van der Waals surface area contributed by atoms with Gasteiger partial charge in [-0.3, -0.25) is 4.99 Å². The van der Waals surface area contributed by atoms with Gasteiger partial charge in [0.15, 0.2) is 5.96 Å². The number of aliphatic hydroxyl groups is 1. The Kier molecular flexibility index (Phi) is 8.62. The van der Waals surface area contributed by atoms with Gasteiger partial charge >= 0.3 is 0 Å². The van der Waals surface area contributed by atoms with Crippen molar-refractivity contribution in [1.29, 1.82) is 0 Å². The standard InChI is InChI=1S/C20H32N4O2.HI/c1-16(24-10-7-17-5-3-4-6-18(17)24)13-22-19(21-2)23-14-20(8-11-25)9-12-26-15-20;/h3-6,16,25H,7-15H2,1-2H3,(H2,21,22,23);1H. The Hall–Kier alpha value is -1.06. The molecule has 1 aromatic carbocycles. The molecule has 2 aliphatic rings. The number of halogens is 1. The fourth-order valence-electron chi connectivity index (χ4n) is 3.98. The van der Waals surface area contributed by atoms with Gasteiger partial charge in [0.05, 0.1) is 6.61 Å². The summed E-state index contributed by atoms with van der Waals surface area (Å²) < 4.78 is 5.56. The number of aliphatic hydroxyl groups excluding tert-OH is 1. The minimum atomic E-state index is 0. The molecule has 1 aromatic rings. The molecule has 0 aromatic heterocycles. The smallest absolute Gasteiger partial charge is 0.191 e. The molecule has 6 nitrogen and oxygen atoms in total. The van der Waals surface area contributed by atoms with E-state index in [1.165, 1.54) is 11.3 Å². The SMILES string of the molecule is CN=C(NCC(C)N1CCc2ccccc21)NCC1(CCO)CCOC1.I. The molecular weight excluding hydrogens is 455 g/mol. The number of hydrogen-bond acceptors (Lipinski definition) is 4. The lowest BCUT2D eigenvalue weighted by atomic mass is 9.84. The average molecular weight is 488 g/mol. The second-order valence-corrected chi connectivity index (χ2v) is 7.50. The largest absolute Gasteiger partial charge is 0.396 e. The maximum absolute atomic E-state index is 9.36. The Labute approximate surface area is 179 Å². The number of nitrogens with zero attached hydrogens (tertiary/aromatic N) is 2. The Balaban J connectivity index is 0.00000261. The molecule has 0 radical (unpaired) electrons. The lowest BCUT2D eigenvalue weighted by Crippen LogP contribution is -2.48. The highest BCUT2D eigenvalue weighted by Gasteiger charge is 2.34. The normalized spacial score (nSPS) is 22.9. The molecule has 7 heteroatoms. The minimum Gasteiger partial charge on any atom is -0.396 e. The van der Waals surface area contributed by atoms with Crippen LogP contribution in [-0.2, 0) is 11.2 Å². The molecule has 152 valence electrons. The van der Waals surface area contributed by atoms with Gasteiger partial charge in [-0.1, -0.05) is 18.2 Å². The lowest BCUT2D eigenvalue weighted by molar-refractivity contribution is 0.127. The molecule has 0 bridgehead atoms. The Bertz CT molecular complexity index is 620. The fourth-order valence-corrected chi connectivity index (χ4v) is 3.98. The van der Waals surface area contributed by atoms with Crippen molar-refractivity contribution in [3.8, 4) is 0 Å². The van der Waals surface area contributed by atoms with Crippen LogP contribution in [0.25, 0.3) is 0 Å². The first-order valence-electron chi connectivity index (χ1n) is 9.65. The molecule has 2 atom stereocenters. The number of ether oxygens (including phenoxy) is 1. The summed E-state index contributed by atoms with van der Waals surface area (Å²) in [5.41, 5.74) is 2.81. The van der Waals surface area contributed by atoms with Crippen molar-refractivity contribution in [1.82, 2.24) is 10.6 Å². The third kappa shape index (κ3) is 5.48. The van der Waals surface area contributed by atoms with E-state index in [-0.39, 0.29) is 36.0 Å². The summed E-state index contributed by atoms with van der Waals surface area (Å²) in [6, 6.07) is 9.05. The van der Waals surface area contributed by atoms with Crippen molar-refractivity contribution >= 4 is 35.6 Å². The van der Waals surface area contributed by atoms with E-state index in [1.807, 2.05) is 0 Å². The maximum atomic E-state index is 9.36. The molecule has 27 heavy (non-hydrogen) atoms. The van der Waals surface area contributed by atoms with Crippen LogP contribution in [0.15, 0.2) is 29.3 Å². The quantitative estimate of drug-likeness (QED) is 0.311. The van der Waals surface area contributed by atoms with Crippen molar-refractivity contribution in [2.45, 2.75) is 32.2 Å². The van der Waals surface area contributed by atoms with Crippen molar-refractivity contribution in [3.05, 3.63) is 29.8 Å². The maximum Gasteiger partial charge on any atom is 0.191 e. The van der Waals surface area contributed by atoms with E-state index in [0.717, 1.165) is 51.5 Å². The summed E-state index contributed by atoms with van der Waals surface area (Å²) in [6.07, 6.45) is 2.87. The molecule has 0 amide bonds. The van der Waals surface area contributed by atoms with Crippen molar-refractivity contribution in [3.63, 3.8) is 0 Å². The second-order valence-electron chi connectivity index (χ2n) is 7.50. The van der Waals surface area contributed by atoms with E-state index in [1.54, 1.807) is 7.05 Å². The van der Waals surface area contributed by atoms with E-state index in [2.05, 4.69) is 51.7 Å². The van der Waals surface area contributed by atoms with Crippen LogP contribution in [0.4, 0.5) is 5.69 Å². The van der Waals surface area contributed by atoms with Gasteiger partial charge in [0, 0.05) is 57.0 Å². The number of para-hydroxylation sites is 1. The van der Waals surface area contributed by atoms with Crippen LogP contribution in [0.3, 0.4) is 0 Å². The third-order valence-electron chi connectivity index (χ3n) is 5.70.